The molecule has 3 rings (SSSR count). The monoisotopic (exact) mass is 379 g/mol. The number of fused-ring (bicyclic) bond motifs is 1. The zero-order valence-corrected chi connectivity index (χ0v) is 14.1. The first-order valence-corrected chi connectivity index (χ1v) is 7.81. The van der Waals surface area contributed by atoms with Crippen molar-refractivity contribution in [3.63, 3.8) is 0 Å². The fraction of sp³-hybridized carbons (Fsp3) is 0.118. The van der Waals surface area contributed by atoms with Crippen LogP contribution in [0.2, 0.25) is 5.02 Å². The molecular formula is C17H12BrClFNO. The molecule has 2 nitrogen and oxygen atoms in total. The van der Waals surface area contributed by atoms with Crippen LogP contribution in [-0.4, -0.2) is 12.1 Å². The van der Waals surface area contributed by atoms with Gasteiger partial charge in [-0.1, -0.05) is 39.7 Å². The molecule has 1 aromatic heterocycles. The Labute approximate surface area is 141 Å². The second-order valence-corrected chi connectivity index (χ2v) is 6.17. The van der Waals surface area contributed by atoms with Crippen LogP contribution in [0.15, 0.2) is 46.9 Å². The van der Waals surface area contributed by atoms with Gasteiger partial charge in [-0.15, -0.1) is 0 Å². The van der Waals surface area contributed by atoms with Crippen LogP contribution in [0.4, 0.5) is 4.39 Å². The van der Waals surface area contributed by atoms with Gasteiger partial charge in [-0.05, 0) is 35.9 Å². The molecule has 112 valence electrons. The summed E-state index contributed by atoms with van der Waals surface area (Å²) >= 11 is 10.0. The molecule has 0 saturated heterocycles. The van der Waals surface area contributed by atoms with E-state index in [-0.39, 0.29) is 5.82 Å². The molecule has 3 aromatic rings. The Morgan fingerprint density at radius 1 is 1.18 bits per heavy atom. The number of hydrogen-bond acceptors (Lipinski definition) is 2. The number of rotatable bonds is 3. The molecule has 0 radical (unpaired) electrons. The predicted molar refractivity (Wildman–Crippen MR) is 90.2 cm³/mol. The maximum Gasteiger partial charge on any atom is 0.218 e. The molecule has 0 saturated carbocycles. The average Bonchev–Trinajstić information content (AvgIpc) is 2.52. The van der Waals surface area contributed by atoms with E-state index in [0.29, 0.717) is 17.3 Å². The van der Waals surface area contributed by atoms with Crippen molar-refractivity contribution in [3.05, 3.63) is 68.9 Å². The van der Waals surface area contributed by atoms with Crippen LogP contribution in [0.3, 0.4) is 0 Å². The molecular weight excluding hydrogens is 369 g/mol. The molecule has 2 aromatic carbocycles. The van der Waals surface area contributed by atoms with Gasteiger partial charge in [-0.25, -0.2) is 9.37 Å². The molecule has 5 heteroatoms. The minimum Gasteiger partial charge on any atom is -0.481 e. The lowest BCUT2D eigenvalue weighted by molar-refractivity contribution is 0.395. The van der Waals surface area contributed by atoms with Crippen molar-refractivity contribution >= 4 is 38.4 Å². The number of benzene rings is 2. The fourth-order valence-corrected chi connectivity index (χ4v) is 3.00. The molecule has 0 spiro atoms. The first-order valence-electron chi connectivity index (χ1n) is 6.64. The van der Waals surface area contributed by atoms with Crippen molar-refractivity contribution in [3.8, 4) is 5.88 Å². The van der Waals surface area contributed by atoms with Gasteiger partial charge in [0.15, 0.2) is 0 Å². The van der Waals surface area contributed by atoms with Crippen LogP contribution in [-0.2, 0) is 6.42 Å². The minimum absolute atomic E-state index is 0.262. The molecule has 0 atom stereocenters. The van der Waals surface area contributed by atoms with E-state index in [1.807, 2.05) is 18.2 Å². The molecule has 22 heavy (non-hydrogen) atoms. The van der Waals surface area contributed by atoms with Gasteiger partial charge >= 0.3 is 0 Å². The van der Waals surface area contributed by atoms with Crippen molar-refractivity contribution in [2.24, 2.45) is 0 Å². The second-order valence-electron chi connectivity index (χ2n) is 4.88. The van der Waals surface area contributed by atoms with Gasteiger partial charge in [0.1, 0.15) is 5.82 Å². The van der Waals surface area contributed by atoms with Crippen molar-refractivity contribution in [1.29, 1.82) is 0 Å². The largest absolute Gasteiger partial charge is 0.481 e. The number of halogens is 3. The summed E-state index contributed by atoms with van der Waals surface area (Å²) in [7, 11) is 1.57. The molecule has 0 N–H and O–H groups in total. The normalized spacial score (nSPS) is 10.9. The summed E-state index contributed by atoms with van der Waals surface area (Å²) in [4.78, 5) is 4.51. The second kappa shape index (κ2) is 6.23. The summed E-state index contributed by atoms with van der Waals surface area (Å²) < 4.78 is 19.3. The lowest BCUT2D eigenvalue weighted by Gasteiger charge is -2.12. The maximum atomic E-state index is 13.0. The Kier molecular flexibility index (Phi) is 4.32. The summed E-state index contributed by atoms with van der Waals surface area (Å²) in [6.07, 6.45) is 0.526. The number of pyridine rings is 1. The quantitative estimate of drug-likeness (QED) is 0.608. The van der Waals surface area contributed by atoms with E-state index < -0.39 is 0 Å². The maximum absolute atomic E-state index is 13.0. The van der Waals surface area contributed by atoms with Gasteiger partial charge < -0.3 is 4.74 Å². The van der Waals surface area contributed by atoms with Crippen LogP contribution in [0.25, 0.3) is 10.9 Å². The van der Waals surface area contributed by atoms with Crippen LogP contribution in [0.5, 0.6) is 5.88 Å². The van der Waals surface area contributed by atoms with Crippen molar-refractivity contribution in [1.82, 2.24) is 4.98 Å². The van der Waals surface area contributed by atoms with Crippen molar-refractivity contribution in [2.45, 2.75) is 6.42 Å². The first-order chi connectivity index (χ1) is 10.6. The van der Waals surface area contributed by atoms with E-state index in [9.17, 15) is 4.39 Å². The first kappa shape index (κ1) is 15.3. The van der Waals surface area contributed by atoms with Crippen molar-refractivity contribution in [2.75, 3.05) is 7.11 Å². The summed E-state index contributed by atoms with van der Waals surface area (Å²) in [6.45, 7) is 0. The van der Waals surface area contributed by atoms with Gasteiger partial charge in [-0.3, -0.25) is 0 Å². The SMILES string of the molecule is COc1nc2ccc(Br)cc2c(Cl)c1Cc1ccc(F)cc1. The van der Waals surface area contributed by atoms with E-state index in [0.717, 1.165) is 26.5 Å². The number of nitrogens with zero attached hydrogens (tertiary/aromatic N) is 1. The van der Waals surface area contributed by atoms with Gasteiger partial charge in [0.05, 0.1) is 17.6 Å². The van der Waals surface area contributed by atoms with Gasteiger partial charge in [0, 0.05) is 21.8 Å². The Morgan fingerprint density at radius 3 is 2.59 bits per heavy atom. The highest BCUT2D eigenvalue weighted by Gasteiger charge is 2.15. The molecule has 0 aliphatic heterocycles. The summed E-state index contributed by atoms with van der Waals surface area (Å²) in [6, 6.07) is 12.0. The fourth-order valence-electron chi connectivity index (χ4n) is 2.34. The molecule has 0 amide bonds. The van der Waals surface area contributed by atoms with E-state index in [2.05, 4.69) is 20.9 Å². The summed E-state index contributed by atoms with van der Waals surface area (Å²) in [5.74, 6) is 0.228. The lowest BCUT2D eigenvalue weighted by Crippen LogP contribution is -1.99. The van der Waals surface area contributed by atoms with E-state index in [1.54, 1.807) is 19.2 Å². The lowest BCUT2D eigenvalue weighted by atomic mass is 10.0. The van der Waals surface area contributed by atoms with Crippen LogP contribution >= 0.6 is 27.5 Å². The summed E-state index contributed by atoms with van der Waals surface area (Å²) in [5.41, 5.74) is 2.51. The third-order valence-electron chi connectivity index (χ3n) is 3.43. The average molecular weight is 381 g/mol. The number of ether oxygens (including phenoxy) is 1. The molecule has 0 aliphatic carbocycles. The highest BCUT2D eigenvalue weighted by molar-refractivity contribution is 9.10. The molecule has 0 bridgehead atoms. The predicted octanol–water partition coefficient (Wildman–Crippen LogP) is 5.39. The third-order valence-corrected chi connectivity index (χ3v) is 4.35. The van der Waals surface area contributed by atoms with Crippen LogP contribution < -0.4 is 4.74 Å². The Balaban J connectivity index is 2.14. The standard InChI is InChI=1S/C17H12BrClFNO/c1-22-17-14(8-10-2-5-12(20)6-3-10)16(19)13-9-11(18)4-7-15(13)21-17/h2-7,9H,8H2,1H3. The summed E-state index contributed by atoms with van der Waals surface area (Å²) in [5, 5.41) is 1.46. The number of methoxy groups -OCH3 is 1. The van der Waals surface area contributed by atoms with E-state index >= 15 is 0 Å². The smallest absolute Gasteiger partial charge is 0.218 e. The third kappa shape index (κ3) is 2.94. The van der Waals surface area contributed by atoms with Gasteiger partial charge in [0.25, 0.3) is 0 Å². The Morgan fingerprint density at radius 2 is 1.91 bits per heavy atom. The molecule has 0 unspecified atom stereocenters. The van der Waals surface area contributed by atoms with Gasteiger partial charge in [-0.2, -0.15) is 0 Å². The van der Waals surface area contributed by atoms with E-state index in [4.69, 9.17) is 16.3 Å². The molecule has 0 aliphatic rings. The highest BCUT2D eigenvalue weighted by atomic mass is 79.9. The topological polar surface area (TPSA) is 22.1 Å². The minimum atomic E-state index is -0.262. The molecule has 0 fully saturated rings. The van der Waals surface area contributed by atoms with E-state index in [1.165, 1.54) is 12.1 Å². The van der Waals surface area contributed by atoms with Crippen LogP contribution in [0, 0.1) is 5.82 Å². The number of aromatic nitrogens is 1. The Bertz CT molecular complexity index is 836. The van der Waals surface area contributed by atoms with Crippen molar-refractivity contribution < 1.29 is 9.13 Å². The van der Waals surface area contributed by atoms with Crippen LogP contribution in [0.1, 0.15) is 11.1 Å². The zero-order valence-electron chi connectivity index (χ0n) is 11.7. The molecule has 1 heterocycles. The Hall–Kier alpha value is -1.65. The highest BCUT2D eigenvalue weighted by Crippen LogP contribution is 2.35. The zero-order chi connectivity index (χ0) is 15.7. The number of hydrogen-bond donors (Lipinski definition) is 0. The van der Waals surface area contributed by atoms with Gasteiger partial charge in [0.2, 0.25) is 5.88 Å².